The lowest BCUT2D eigenvalue weighted by molar-refractivity contribution is -0.121. The summed E-state index contributed by atoms with van der Waals surface area (Å²) >= 11 is 1.89. The van der Waals surface area contributed by atoms with E-state index >= 15 is 0 Å². The number of hydrogen-bond acceptors (Lipinski definition) is 3. The fourth-order valence-corrected chi connectivity index (χ4v) is 3.31. The molecule has 2 atom stereocenters. The topological polar surface area (TPSA) is 41.1 Å². The Morgan fingerprint density at radius 3 is 2.59 bits per heavy atom. The normalized spacial score (nSPS) is 17.1. The molecule has 0 radical (unpaired) electrons. The van der Waals surface area contributed by atoms with Gasteiger partial charge in [0.15, 0.2) is 0 Å². The van der Waals surface area contributed by atoms with Crippen LogP contribution in [0, 0.1) is 18.8 Å². The lowest BCUT2D eigenvalue weighted by Gasteiger charge is -2.31. The van der Waals surface area contributed by atoms with Crippen LogP contribution < -0.4 is 10.6 Å². The molecule has 0 aliphatic carbocycles. The van der Waals surface area contributed by atoms with Crippen LogP contribution in [0.25, 0.3) is 0 Å². The third-order valence-electron chi connectivity index (χ3n) is 4.30. The summed E-state index contributed by atoms with van der Waals surface area (Å²) in [6.07, 6.45) is 1.16. The molecule has 2 N–H and O–H groups in total. The lowest BCUT2D eigenvalue weighted by Crippen LogP contribution is -2.48. The van der Waals surface area contributed by atoms with Crippen molar-refractivity contribution in [3.8, 4) is 0 Å². The van der Waals surface area contributed by atoms with E-state index in [1.165, 1.54) is 4.90 Å². The number of carbonyl (C=O) groups is 1. The number of rotatable bonds is 6. The van der Waals surface area contributed by atoms with Crippen molar-refractivity contribution in [3.63, 3.8) is 0 Å². The first-order valence-corrected chi connectivity index (χ1v) is 8.68. The second-order valence-electron chi connectivity index (χ2n) is 6.01. The van der Waals surface area contributed by atoms with Gasteiger partial charge < -0.3 is 10.6 Å². The highest BCUT2D eigenvalue weighted by Crippen LogP contribution is 2.29. The van der Waals surface area contributed by atoms with E-state index in [-0.39, 0.29) is 24.2 Å². The molecular weight excluding hydrogens is 316 g/mol. The predicted molar refractivity (Wildman–Crippen MR) is 98.2 cm³/mol. The third kappa shape index (κ3) is 4.90. The van der Waals surface area contributed by atoms with Gasteiger partial charge in [0, 0.05) is 21.8 Å². The van der Waals surface area contributed by atoms with Crippen molar-refractivity contribution in [2.75, 3.05) is 18.4 Å². The van der Waals surface area contributed by atoms with Gasteiger partial charge in [0.1, 0.15) is 0 Å². The monoisotopic (exact) mass is 342 g/mol. The Kier molecular flexibility index (Phi) is 7.74. The van der Waals surface area contributed by atoms with Crippen molar-refractivity contribution in [2.45, 2.75) is 44.3 Å². The molecule has 0 spiro atoms. The zero-order valence-corrected chi connectivity index (χ0v) is 15.4. The van der Waals surface area contributed by atoms with E-state index in [4.69, 9.17) is 0 Å². The molecule has 1 aromatic rings. The molecule has 1 saturated heterocycles. The Morgan fingerprint density at radius 1 is 1.41 bits per heavy atom. The van der Waals surface area contributed by atoms with Gasteiger partial charge in [-0.25, -0.2) is 0 Å². The Hall–Kier alpha value is -0.710. The van der Waals surface area contributed by atoms with Crippen molar-refractivity contribution < 1.29 is 4.79 Å². The molecule has 5 heteroatoms. The van der Waals surface area contributed by atoms with Gasteiger partial charge in [0.05, 0.1) is 0 Å². The van der Waals surface area contributed by atoms with Gasteiger partial charge in [-0.1, -0.05) is 20.8 Å². The highest BCUT2D eigenvalue weighted by Gasteiger charge is 2.28. The van der Waals surface area contributed by atoms with E-state index in [0.29, 0.717) is 11.2 Å². The standard InChI is InChI=1S/C17H26N2OS.ClH/c1-5-12(3)21-15-6-7-16(11(2)8-15)19-17(20)13(4)14-9-18-10-14;/h6-8,12-14,18H,5,9-10H2,1-4H3,(H,19,20);1H. The molecule has 0 bridgehead atoms. The van der Waals surface area contributed by atoms with Gasteiger partial charge >= 0.3 is 0 Å². The number of benzene rings is 1. The van der Waals surface area contributed by atoms with Crippen LogP contribution in [0.4, 0.5) is 5.69 Å². The van der Waals surface area contributed by atoms with Gasteiger partial charge in [0.25, 0.3) is 0 Å². The second kappa shape index (κ2) is 8.80. The molecule has 1 heterocycles. The predicted octanol–water partition coefficient (Wildman–Crippen LogP) is 4.10. The zero-order chi connectivity index (χ0) is 15.4. The smallest absolute Gasteiger partial charge is 0.227 e. The third-order valence-corrected chi connectivity index (χ3v) is 5.56. The Bertz CT molecular complexity index is 505. The van der Waals surface area contributed by atoms with Crippen molar-refractivity contribution in [1.82, 2.24) is 5.32 Å². The molecule has 0 saturated carbocycles. The van der Waals surface area contributed by atoms with Crippen LogP contribution in [0.5, 0.6) is 0 Å². The summed E-state index contributed by atoms with van der Waals surface area (Å²) in [6, 6.07) is 6.31. The van der Waals surface area contributed by atoms with Crippen molar-refractivity contribution in [2.24, 2.45) is 11.8 Å². The number of anilines is 1. The molecule has 1 aliphatic heterocycles. The van der Waals surface area contributed by atoms with Crippen LogP contribution >= 0.6 is 24.2 Å². The van der Waals surface area contributed by atoms with Gasteiger partial charge in [-0.2, -0.15) is 0 Å². The summed E-state index contributed by atoms with van der Waals surface area (Å²) in [6.45, 7) is 10.4. The van der Waals surface area contributed by atoms with Crippen LogP contribution in [0.1, 0.15) is 32.8 Å². The largest absolute Gasteiger partial charge is 0.326 e. The molecule has 1 fully saturated rings. The van der Waals surface area contributed by atoms with Crippen LogP contribution in [0.2, 0.25) is 0 Å². The number of nitrogens with one attached hydrogen (secondary N) is 2. The lowest BCUT2D eigenvalue weighted by atomic mass is 9.88. The molecule has 1 aliphatic rings. The van der Waals surface area contributed by atoms with Gasteiger partial charge in [-0.15, -0.1) is 24.2 Å². The average Bonchev–Trinajstić information content (AvgIpc) is 2.39. The molecular formula is C17H27ClN2OS. The molecule has 2 unspecified atom stereocenters. The van der Waals surface area contributed by atoms with Gasteiger partial charge in [-0.3, -0.25) is 4.79 Å². The van der Waals surface area contributed by atoms with Gasteiger partial charge in [-0.05, 0) is 56.1 Å². The number of aryl methyl sites for hydroxylation is 1. The maximum absolute atomic E-state index is 12.3. The number of thioether (sulfide) groups is 1. The minimum Gasteiger partial charge on any atom is -0.326 e. The summed E-state index contributed by atoms with van der Waals surface area (Å²) in [5.41, 5.74) is 2.07. The van der Waals surface area contributed by atoms with Crippen LogP contribution in [0.3, 0.4) is 0 Å². The summed E-state index contributed by atoms with van der Waals surface area (Å²) < 4.78 is 0. The number of carbonyl (C=O) groups excluding carboxylic acids is 1. The first-order chi connectivity index (χ1) is 10.0. The van der Waals surface area contributed by atoms with E-state index in [1.807, 2.05) is 24.8 Å². The summed E-state index contributed by atoms with van der Waals surface area (Å²) in [7, 11) is 0. The van der Waals surface area contributed by atoms with E-state index in [2.05, 4.69) is 43.5 Å². The fourth-order valence-electron chi connectivity index (χ4n) is 2.29. The number of amides is 1. The molecule has 0 aromatic heterocycles. The Morgan fingerprint density at radius 2 is 2.09 bits per heavy atom. The Balaban J connectivity index is 0.00000242. The molecule has 1 aromatic carbocycles. The average molecular weight is 343 g/mol. The number of halogens is 1. The molecule has 3 nitrogen and oxygen atoms in total. The quantitative estimate of drug-likeness (QED) is 0.765. The molecule has 2 rings (SSSR count). The highest BCUT2D eigenvalue weighted by atomic mass is 35.5. The van der Waals surface area contributed by atoms with E-state index in [1.54, 1.807) is 0 Å². The van der Waals surface area contributed by atoms with E-state index in [9.17, 15) is 4.79 Å². The number of hydrogen-bond donors (Lipinski definition) is 2. The zero-order valence-electron chi connectivity index (χ0n) is 13.8. The summed E-state index contributed by atoms with van der Waals surface area (Å²) in [5.74, 6) is 0.678. The second-order valence-corrected chi connectivity index (χ2v) is 7.52. The first-order valence-electron chi connectivity index (χ1n) is 7.80. The Labute approximate surface area is 144 Å². The van der Waals surface area contributed by atoms with E-state index < -0.39 is 0 Å². The van der Waals surface area contributed by atoms with Crippen molar-refractivity contribution in [1.29, 1.82) is 0 Å². The van der Waals surface area contributed by atoms with Crippen molar-refractivity contribution in [3.05, 3.63) is 23.8 Å². The van der Waals surface area contributed by atoms with Gasteiger partial charge in [0.2, 0.25) is 5.91 Å². The summed E-state index contributed by atoms with van der Waals surface area (Å²) in [5, 5.41) is 6.92. The molecule has 1 amide bonds. The summed E-state index contributed by atoms with van der Waals surface area (Å²) in [4.78, 5) is 13.5. The minimum absolute atomic E-state index is 0. The van der Waals surface area contributed by atoms with Crippen LogP contribution in [0.15, 0.2) is 23.1 Å². The first kappa shape index (κ1) is 19.3. The van der Waals surface area contributed by atoms with Crippen LogP contribution in [-0.4, -0.2) is 24.2 Å². The highest BCUT2D eigenvalue weighted by molar-refractivity contribution is 7.99. The minimum atomic E-state index is 0. The molecule has 124 valence electrons. The fraction of sp³-hybridized carbons (Fsp3) is 0.588. The maximum Gasteiger partial charge on any atom is 0.227 e. The van der Waals surface area contributed by atoms with Crippen LogP contribution in [-0.2, 0) is 4.79 Å². The maximum atomic E-state index is 12.3. The SMILES string of the molecule is CCC(C)Sc1ccc(NC(=O)C(C)C2CNC2)c(C)c1.Cl. The molecule has 22 heavy (non-hydrogen) atoms. The van der Waals surface area contributed by atoms with E-state index in [0.717, 1.165) is 30.8 Å². The van der Waals surface area contributed by atoms with Crippen molar-refractivity contribution >= 4 is 35.8 Å².